The maximum absolute atomic E-state index is 12.5. The summed E-state index contributed by atoms with van der Waals surface area (Å²) in [4.78, 5) is 17.3. The zero-order valence-corrected chi connectivity index (χ0v) is 19.5. The fraction of sp³-hybridized carbons (Fsp3) is 0.214. The molecule has 0 spiro atoms. The number of hydrogen-bond acceptors (Lipinski definition) is 4. The molecule has 0 aliphatic heterocycles. The Hall–Kier alpha value is -4.06. The Kier molecular flexibility index (Phi) is 7.60. The van der Waals surface area contributed by atoms with Gasteiger partial charge in [0.2, 0.25) is 5.91 Å². The van der Waals surface area contributed by atoms with Crippen LogP contribution >= 0.6 is 0 Å². The first-order valence-electron chi connectivity index (χ1n) is 11.4. The predicted molar refractivity (Wildman–Crippen MR) is 135 cm³/mol. The lowest BCUT2D eigenvalue weighted by Crippen LogP contribution is -2.27. The third kappa shape index (κ3) is 5.84. The van der Waals surface area contributed by atoms with Crippen LogP contribution in [0.2, 0.25) is 0 Å². The molecule has 0 radical (unpaired) electrons. The fourth-order valence-corrected chi connectivity index (χ4v) is 3.83. The number of amides is 1. The summed E-state index contributed by atoms with van der Waals surface area (Å²) in [6.07, 6.45) is 4.15. The number of ether oxygens (including phenoxy) is 2. The van der Waals surface area contributed by atoms with Crippen molar-refractivity contribution in [3.63, 3.8) is 0 Å². The molecule has 6 heteroatoms. The number of aryl methyl sites for hydroxylation is 1. The summed E-state index contributed by atoms with van der Waals surface area (Å²) in [7, 11) is 1.64. The third-order valence-electron chi connectivity index (χ3n) is 5.49. The Morgan fingerprint density at radius 2 is 1.79 bits per heavy atom. The summed E-state index contributed by atoms with van der Waals surface area (Å²) in [5.41, 5.74) is 2.93. The topological polar surface area (TPSA) is 65.4 Å². The molecule has 6 nitrogen and oxygen atoms in total. The zero-order valence-electron chi connectivity index (χ0n) is 19.5. The summed E-state index contributed by atoms with van der Waals surface area (Å²) in [6, 6.07) is 25.1. The number of nitrogens with zero attached hydrogens (tertiary/aromatic N) is 2. The van der Waals surface area contributed by atoms with E-state index >= 15 is 0 Å². The first kappa shape index (κ1) is 23.1. The van der Waals surface area contributed by atoms with E-state index in [2.05, 4.69) is 16.0 Å². The smallest absolute Gasteiger partial charge is 0.244 e. The van der Waals surface area contributed by atoms with Gasteiger partial charge in [0.1, 0.15) is 17.3 Å². The predicted octanol–water partition coefficient (Wildman–Crippen LogP) is 5.40. The van der Waals surface area contributed by atoms with Crippen molar-refractivity contribution in [3.05, 3.63) is 96.3 Å². The molecule has 4 rings (SSSR count). The minimum atomic E-state index is -0.250. The number of imidazole rings is 1. The highest BCUT2D eigenvalue weighted by molar-refractivity contribution is 5.92. The number of para-hydroxylation sites is 2. The van der Waals surface area contributed by atoms with Crippen LogP contribution < -0.4 is 14.8 Å². The van der Waals surface area contributed by atoms with Gasteiger partial charge in [-0.25, -0.2) is 4.98 Å². The first-order chi connectivity index (χ1) is 16.6. The Balaban J connectivity index is 1.42. The van der Waals surface area contributed by atoms with E-state index in [-0.39, 0.29) is 11.9 Å². The molecule has 0 aliphatic rings. The van der Waals surface area contributed by atoms with Gasteiger partial charge in [-0.15, -0.1) is 0 Å². The maximum atomic E-state index is 12.5. The number of carbonyl (C=O) groups excluding carboxylic acids is 1. The number of fused-ring (bicyclic) bond motifs is 1. The van der Waals surface area contributed by atoms with Gasteiger partial charge in [-0.3, -0.25) is 4.79 Å². The summed E-state index contributed by atoms with van der Waals surface area (Å²) in [5, 5.41) is 3.04. The summed E-state index contributed by atoms with van der Waals surface area (Å²) < 4.78 is 13.3. The Labute approximate surface area is 199 Å². The van der Waals surface area contributed by atoms with Crippen molar-refractivity contribution in [3.8, 4) is 11.5 Å². The zero-order chi connectivity index (χ0) is 23.8. The van der Waals surface area contributed by atoms with E-state index in [1.807, 2.05) is 79.7 Å². The lowest BCUT2D eigenvalue weighted by molar-refractivity contribution is -0.117. The van der Waals surface area contributed by atoms with E-state index in [9.17, 15) is 4.79 Å². The van der Waals surface area contributed by atoms with Gasteiger partial charge in [-0.1, -0.05) is 48.5 Å². The molecule has 0 aliphatic carbocycles. The van der Waals surface area contributed by atoms with Crippen molar-refractivity contribution >= 4 is 23.0 Å². The van der Waals surface area contributed by atoms with Crippen LogP contribution in [0.25, 0.3) is 17.1 Å². The van der Waals surface area contributed by atoms with Crippen molar-refractivity contribution in [1.82, 2.24) is 14.9 Å². The van der Waals surface area contributed by atoms with Gasteiger partial charge in [0.05, 0.1) is 30.8 Å². The largest absolute Gasteiger partial charge is 0.497 e. The van der Waals surface area contributed by atoms with E-state index < -0.39 is 0 Å². The minimum Gasteiger partial charge on any atom is -0.497 e. The van der Waals surface area contributed by atoms with Gasteiger partial charge in [0.25, 0.3) is 0 Å². The average molecular weight is 456 g/mol. The van der Waals surface area contributed by atoms with Crippen molar-refractivity contribution in [2.45, 2.75) is 25.9 Å². The van der Waals surface area contributed by atoms with E-state index in [0.717, 1.165) is 46.9 Å². The average Bonchev–Trinajstić information content (AvgIpc) is 3.25. The molecule has 1 heterocycles. The van der Waals surface area contributed by atoms with Crippen LogP contribution in [-0.4, -0.2) is 29.2 Å². The molecule has 3 aromatic carbocycles. The van der Waals surface area contributed by atoms with E-state index in [1.165, 1.54) is 0 Å². The number of benzene rings is 3. The highest BCUT2D eigenvalue weighted by atomic mass is 16.5. The SMILES string of the molecule is COc1cccc(OCCCn2c(C(C)NC(=O)/C=C\c3ccccc3)nc3ccccc32)c1. The van der Waals surface area contributed by atoms with Crippen LogP contribution in [-0.2, 0) is 11.3 Å². The van der Waals surface area contributed by atoms with Crippen molar-refractivity contribution in [2.24, 2.45) is 0 Å². The molecule has 1 unspecified atom stereocenters. The molecular formula is C28H29N3O3. The molecule has 0 fully saturated rings. The van der Waals surface area contributed by atoms with Crippen LogP contribution in [0.4, 0.5) is 0 Å². The Morgan fingerprint density at radius 1 is 1.03 bits per heavy atom. The van der Waals surface area contributed by atoms with Gasteiger partial charge >= 0.3 is 0 Å². The Bertz CT molecular complexity index is 1260. The van der Waals surface area contributed by atoms with Gasteiger partial charge in [0.15, 0.2) is 0 Å². The van der Waals surface area contributed by atoms with Gasteiger partial charge in [-0.05, 0) is 49.2 Å². The number of aromatic nitrogens is 2. The molecule has 34 heavy (non-hydrogen) atoms. The highest BCUT2D eigenvalue weighted by Crippen LogP contribution is 2.22. The van der Waals surface area contributed by atoms with Crippen LogP contribution in [0, 0.1) is 0 Å². The second-order valence-corrected chi connectivity index (χ2v) is 7.97. The number of nitrogens with one attached hydrogen (secondary N) is 1. The number of rotatable bonds is 10. The lowest BCUT2D eigenvalue weighted by Gasteiger charge is -2.16. The van der Waals surface area contributed by atoms with E-state index in [0.29, 0.717) is 6.61 Å². The lowest BCUT2D eigenvalue weighted by atomic mass is 10.2. The van der Waals surface area contributed by atoms with Gasteiger partial charge in [-0.2, -0.15) is 0 Å². The molecule has 1 atom stereocenters. The molecule has 1 N–H and O–H groups in total. The summed E-state index contributed by atoms with van der Waals surface area (Å²) >= 11 is 0. The number of methoxy groups -OCH3 is 1. The monoisotopic (exact) mass is 455 g/mol. The van der Waals surface area contributed by atoms with Crippen molar-refractivity contribution in [1.29, 1.82) is 0 Å². The molecular weight excluding hydrogens is 426 g/mol. The summed E-state index contributed by atoms with van der Waals surface area (Å²) in [6.45, 7) is 3.23. The quantitative estimate of drug-likeness (QED) is 0.257. The fourth-order valence-electron chi connectivity index (χ4n) is 3.83. The van der Waals surface area contributed by atoms with E-state index in [4.69, 9.17) is 14.5 Å². The van der Waals surface area contributed by atoms with Crippen LogP contribution in [0.15, 0.2) is 84.9 Å². The summed E-state index contributed by atoms with van der Waals surface area (Å²) in [5.74, 6) is 2.22. The molecule has 0 bridgehead atoms. The highest BCUT2D eigenvalue weighted by Gasteiger charge is 2.17. The van der Waals surface area contributed by atoms with Crippen LogP contribution in [0.3, 0.4) is 0 Å². The van der Waals surface area contributed by atoms with Crippen LogP contribution in [0.5, 0.6) is 11.5 Å². The standard InChI is InChI=1S/C28H29N3O3/c1-21(29-27(32)17-16-22-10-4-3-5-11-22)28-30-25-14-6-7-15-26(25)31(28)18-9-19-34-24-13-8-12-23(20-24)33-2/h3-8,10-17,20-21H,9,18-19H2,1-2H3,(H,29,32)/b17-16-. The van der Waals surface area contributed by atoms with Gasteiger partial charge < -0.3 is 19.4 Å². The van der Waals surface area contributed by atoms with E-state index in [1.54, 1.807) is 19.3 Å². The molecule has 1 amide bonds. The number of carbonyl (C=O) groups is 1. The third-order valence-corrected chi connectivity index (χ3v) is 5.49. The van der Waals surface area contributed by atoms with Crippen LogP contribution in [0.1, 0.15) is 30.8 Å². The normalized spacial score (nSPS) is 12.1. The Morgan fingerprint density at radius 3 is 2.62 bits per heavy atom. The van der Waals surface area contributed by atoms with Crippen molar-refractivity contribution < 1.29 is 14.3 Å². The molecule has 4 aromatic rings. The van der Waals surface area contributed by atoms with Gasteiger partial charge in [0, 0.05) is 18.7 Å². The molecule has 1 aromatic heterocycles. The molecule has 174 valence electrons. The number of hydrogen-bond donors (Lipinski definition) is 1. The van der Waals surface area contributed by atoms with Crippen molar-refractivity contribution in [2.75, 3.05) is 13.7 Å². The molecule has 0 saturated heterocycles. The first-order valence-corrected chi connectivity index (χ1v) is 11.4. The second-order valence-electron chi connectivity index (χ2n) is 7.97. The maximum Gasteiger partial charge on any atom is 0.244 e. The minimum absolute atomic E-state index is 0.156. The second kappa shape index (κ2) is 11.2. The molecule has 0 saturated carbocycles.